The Balaban J connectivity index is 1.80. The molecule has 1 N–H and O–H groups in total. The maximum atomic E-state index is 12.5. The molecule has 0 radical (unpaired) electrons. The topological polar surface area (TPSA) is 58.2 Å². The van der Waals surface area contributed by atoms with Crippen LogP contribution in [-0.4, -0.2) is 32.8 Å². The molecular formula is C17H27N3O2. The highest BCUT2D eigenvalue weighted by Crippen LogP contribution is 2.37. The van der Waals surface area contributed by atoms with Crippen molar-refractivity contribution in [3.05, 3.63) is 17.0 Å². The average Bonchev–Trinajstić information content (AvgIpc) is 3.02. The molecule has 1 aromatic rings. The summed E-state index contributed by atoms with van der Waals surface area (Å²) >= 11 is 0. The lowest BCUT2D eigenvalue weighted by Crippen LogP contribution is -2.45. The maximum Gasteiger partial charge on any atom is 0.410 e. The summed E-state index contributed by atoms with van der Waals surface area (Å²) in [6.45, 7) is 8.42. The number of rotatable bonds is 1. The first-order valence-electron chi connectivity index (χ1n) is 8.41. The van der Waals surface area contributed by atoms with E-state index in [1.165, 1.54) is 42.6 Å². The Hall–Kier alpha value is -1.52. The summed E-state index contributed by atoms with van der Waals surface area (Å²) in [5.41, 5.74) is 3.17. The van der Waals surface area contributed by atoms with Crippen molar-refractivity contribution in [2.45, 2.75) is 83.9 Å². The standard InChI is InChI=1S/C17H27N3O2/c1-11-9-14-13(10-20(11)16(21)22-17(2,3)4)15(19-18-14)12-7-5-6-8-12/h11-12H,5-10H2,1-4H3,(H,18,19)/t11-/m0/s1. The number of fused-ring (bicyclic) bond motifs is 1. The van der Waals surface area contributed by atoms with E-state index in [9.17, 15) is 4.79 Å². The van der Waals surface area contributed by atoms with Crippen molar-refractivity contribution >= 4 is 6.09 Å². The molecule has 5 heteroatoms. The Labute approximate surface area is 132 Å². The van der Waals surface area contributed by atoms with E-state index >= 15 is 0 Å². The number of nitrogens with zero attached hydrogens (tertiary/aromatic N) is 2. The van der Waals surface area contributed by atoms with Crippen LogP contribution in [0, 0.1) is 0 Å². The number of amides is 1. The fourth-order valence-electron chi connectivity index (χ4n) is 3.60. The zero-order valence-electron chi connectivity index (χ0n) is 14.1. The number of carbonyl (C=O) groups excluding carboxylic acids is 1. The second-order valence-corrected chi connectivity index (χ2v) is 7.71. The molecule has 0 unspecified atom stereocenters. The van der Waals surface area contributed by atoms with Crippen molar-refractivity contribution in [2.75, 3.05) is 0 Å². The van der Waals surface area contributed by atoms with Crippen molar-refractivity contribution in [1.82, 2.24) is 15.1 Å². The molecule has 5 nitrogen and oxygen atoms in total. The van der Waals surface area contributed by atoms with Crippen LogP contribution >= 0.6 is 0 Å². The molecule has 1 aliphatic heterocycles. The van der Waals surface area contributed by atoms with Gasteiger partial charge in [0, 0.05) is 29.6 Å². The monoisotopic (exact) mass is 305 g/mol. The van der Waals surface area contributed by atoms with Crippen LogP contribution in [0.15, 0.2) is 0 Å². The van der Waals surface area contributed by atoms with Crippen LogP contribution in [0.2, 0.25) is 0 Å². The number of aromatic nitrogens is 2. The van der Waals surface area contributed by atoms with Crippen LogP contribution in [-0.2, 0) is 17.7 Å². The first-order valence-corrected chi connectivity index (χ1v) is 8.41. The van der Waals surface area contributed by atoms with Crippen molar-refractivity contribution in [1.29, 1.82) is 0 Å². The van der Waals surface area contributed by atoms with Gasteiger partial charge >= 0.3 is 6.09 Å². The molecule has 0 aromatic carbocycles. The van der Waals surface area contributed by atoms with E-state index in [1.807, 2.05) is 25.7 Å². The van der Waals surface area contributed by atoms with Crippen molar-refractivity contribution in [3.63, 3.8) is 0 Å². The third-order valence-electron chi connectivity index (χ3n) is 4.71. The predicted molar refractivity (Wildman–Crippen MR) is 84.7 cm³/mol. The van der Waals surface area contributed by atoms with Crippen LogP contribution in [0.3, 0.4) is 0 Å². The molecule has 0 spiro atoms. The zero-order valence-corrected chi connectivity index (χ0v) is 14.1. The van der Waals surface area contributed by atoms with Gasteiger partial charge in [0.15, 0.2) is 0 Å². The fourth-order valence-corrected chi connectivity index (χ4v) is 3.60. The quantitative estimate of drug-likeness (QED) is 0.859. The molecule has 1 amide bonds. The summed E-state index contributed by atoms with van der Waals surface area (Å²) in [5.74, 6) is 0.564. The number of hydrogen-bond acceptors (Lipinski definition) is 3. The highest BCUT2D eigenvalue weighted by atomic mass is 16.6. The van der Waals surface area contributed by atoms with E-state index in [1.54, 1.807) is 0 Å². The number of nitrogens with one attached hydrogen (secondary N) is 1. The van der Waals surface area contributed by atoms with E-state index in [-0.39, 0.29) is 12.1 Å². The van der Waals surface area contributed by atoms with E-state index < -0.39 is 5.60 Å². The fraction of sp³-hybridized carbons (Fsp3) is 0.765. The molecule has 1 aromatic heterocycles. The van der Waals surface area contributed by atoms with Crippen molar-refractivity contribution in [2.24, 2.45) is 0 Å². The first-order chi connectivity index (χ1) is 10.3. The number of carbonyl (C=O) groups is 1. The van der Waals surface area contributed by atoms with Gasteiger partial charge < -0.3 is 9.64 Å². The van der Waals surface area contributed by atoms with Gasteiger partial charge in [-0.1, -0.05) is 12.8 Å². The van der Waals surface area contributed by atoms with Crippen molar-refractivity contribution < 1.29 is 9.53 Å². The van der Waals surface area contributed by atoms with E-state index in [0.29, 0.717) is 12.5 Å². The molecular weight excluding hydrogens is 278 g/mol. The molecule has 1 saturated carbocycles. The highest BCUT2D eigenvalue weighted by Gasteiger charge is 2.34. The van der Waals surface area contributed by atoms with E-state index in [2.05, 4.69) is 17.1 Å². The molecule has 2 heterocycles. The third kappa shape index (κ3) is 2.99. The first kappa shape index (κ1) is 15.4. The predicted octanol–water partition coefficient (Wildman–Crippen LogP) is 3.75. The van der Waals surface area contributed by atoms with Gasteiger partial charge in [-0.25, -0.2) is 4.79 Å². The van der Waals surface area contributed by atoms with E-state index in [4.69, 9.17) is 4.74 Å². The number of aromatic amines is 1. The average molecular weight is 305 g/mol. The highest BCUT2D eigenvalue weighted by molar-refractivity contribution is 5.69. The van der Waals surface area contributed by atoms with Gasteiger partial charge in [-0.2, -0.15) is 5.10 Å². The van der Waals surface area contributed by atoms with Gasteiger partial charge in [-0.3, -0.25) is 5.10 Å². The summed E-state index contributed by atoms with van der Waals surface area (Å²) in [4.78, 5) is 14.3. The second-order valence-electron chi connectivity index (χ2n) is 7.71. The summed E-state index contributed by atoms with van der Waals surface area (Å²) < 4.78 is 5.56. The lowest BCUT2D eigenvalue weighted by atomic mass is 9.94. The normalized spacial score (nSPS) is 22.7. The molecule has 1 aliphatic carbocycles. The molecule has 0 bridgehead atoms. The Bertz CT molecular complexity index is 553. The molecule has 22 heavy (non-hydrogen) atoms. The van der Waals surface area contributed by atoms with Crippen LogP contribution in [0.1, 0.15) is 76.2 Å². The molecule has 0 saturated heterocycles. The van der Waals surface area contributed by atoms with Gasteiger partial charge in [0.05, 0.1) is 12.2 Å². The SMILES string of the molecule is C[C@H]1Cc2[nH]nc(C3CCCC3)c2CN1C(=O)OC(C)(C)C. The minimum atomic E-state index is -0.457. The van der Waals surface area contributed by atoms with Gasteiger partial charge in [-0.15, -0.1) is 0 Å². The number of hydrogen-bond donors (Lipinski definition) is 1. The van der Waals surface area contributed by atoms with Crippen LogP contribution in [0.5, 0.6) is 0 Å². The van der Waals surface area contributed by atoms with Crippen molar-refractivity contribution in [3.8, 4) is 0 Å². The molecule has 1 atom stereocenters. The molecule has 1 fully saturated rings. The zero-order chi connectivity index (χ0) is 15.9. The lowest BCUT2D eigenvalue weighted by molar-refractivity contribution is 0.0137. The minimum absolute atomic E-state index is 0.138. The maximum absolute atomic E-state index is 12.5. The molecule has 122 valence electrons. The van der Waals surface area contributed by atoms with Gasteiger partial charge in [-0.05, 0) is 40.5 Å². The van der Waals surface area contributed by atoms with Crippen LogP contribution < -0.4 is 0 Å². The molecule has 3 rings (SSSR count). The summed E-state index contributed by atoms with van der Waals surface area (Å²) in [6, 6.07) is 0.138. The number of H-pyrrole nitrogens is 1. The van der Waals surface area contributed by atoms with Gasteiger partial charge in [0.2, 0.25) is 0 Å². The minimum Gasteiger partial charge on any atom is -0.444 e. The largest absolute Gasteiger partial charge is 0.444 e. The van der Waals surface area contributed by atoms with Crippen LogP contribution in [0.4, 0.5) is 4.79 Å². The van der Waals surface area contributed by atoms with Gasteiger partial charge in [0.25, 0.3) is 0 Å². The van der Waals surface area contributed by atoms with Crippen LogP contribution in [0.25, 0.3) is 0 Å². The smallest absolute Gasteiger partial charge is 0.410 e. The Kier molecular flexibility index (Phi) is 3.91. The van der Waals surface area contributed by atoms with E-state index in [0.717, 1.165) is 6.42 Å². The summed E-state index contributed by atoms with van der Waals surface area (Å²) in [6.07, 6.45) is 5.63. The second kappa shape index (κ2) is 5.60. The Morgan fingerprint density at radius 1 is 1.32 bits per heavy atom. The summed E-state index contributed by atoms with van der Waals surface area (Å²) in [7, 11) is 0. The lowest BCUT2D eigenvalue weighted by Gasteiger charge is -2.35. The third-order valence-corrected chi connectivity index (χ3v) is 4.71. The Morgan fingerprint density at radius 2 is 2.00 bits per heavy atom. The van der Waals surface area contributed by atoms with Gasteiger partial charge in [0.1, 0.15) is 5.60 Å². The summed E-state index contributed by atoms with van der Waals surface area (Å²) in [5, 5.41) is 7.79. The number of ether oxygens (including phenoxy) is 1. The molecule has 2 aliphatic rings. The Morgan fingerprint density at radius 3 is 2.64 bits per heavy atom.